The molecule has 0 aliphatic carbocycles. The molecule has 1 rings (SSSR count). The van der Waals surface area contributed by atoms with E-state index in [-0.39, 0.29) is 0 Å². The Kier molecular flexibility index (Phi) is 24.9. The van der Waals surface area contributed by atoms with E-state index >= 15 is 0 Å². The van der Waals surface area contributed by atoms with Crippen LogP contribution in [-0.4, -0.2) is 25.8 Å². The minimum atomic E-state index is -0.833. The monoisotopic (exact) mass is 268 g/mol. The van der Waals surface area contributed by atoms with Crippen LogP contribution in [0.2, 0.25) is 6.32 Å². The van der Waals surface area contributed by atoms with Gasteiger partial charge in [-0.25, -0.2) is 4.79 Å². The molecule has 0 bridgehead atoms. The number of carbonyl (C=O) groups excluding carboxylic acids is 2. The first-order chi connectivity index (χ1) is 9.04. The van der Waals surface area contributed by atoms with Crippen molar-refractivity contribution in [2.75, 3.05) is 0 Å². The molecule has 6 heteroatoms. The summed E-state index contributed by atoms with van der Waals surface area (Å²) in [6.45, 7) is 4.23. The van der Waals surface area contributed by atoms with Crippen LogP contribution >= 0.6 is 0 Å². The molecule has 0 spiro atoms. The SMILES string of the molecule is BCCCCC.C=O.NC(N)=O.Oc1ccccc1. The third-order valence-corrected chi connectivity index (χ3v) is 1.71. The van der Waals surface area contributed by atoms with Gasteiger partial charge in [-0.15, -0.1) is 0 Å². The number of rotatable bonds is 3. The van der Waals surface area contributed by atoms with Crippen LogP contribution in [0.15, 0.2) is 30.3 Å². The molecule has 0 saturated carbocycles. The minimum Gasteiger partial charge on any atom is -0.508 e. The van der Waals surface area contributed by atoms with Gasteiger partial charge in [0.05, 0.1) is 0 Å². The predicted molar refractivity (Wildman–Crippen MR) is 81.9 cm³/mol. The van der Waals surface area contributed by atoms with Crippen LogP contribution in [-0.2, 0) is 4.79 Å². The Morgan fingerprint density at radius 1 is 1.21 bits per heavy atom. The zero-order valence-corrected chi connectivity index (χ0v) is 11.8. The lowest BCUT2D eigenvalue weighted by atomic mass is 10.00. The second-order valence-corrected chi connectivity index (χ2v) is 3.45. The highest BCUT2D eigenvalue weighted by Gasteiger charge is 1.76. The first-order valence-electron chi connectivity index (χ1n) is 6.12. The number of benzene rings is 1. The van der Waals surface area contributed by atoms with Gasteiger partial charge in [0, 0.05) is 0 Å². The summed E-state index contributed by atoms with van der Waals surface area (Å²) in [5.74, 6) is 0.322. The topological polar surface area (TPSA) is 106 Å². The van der Waals surface area contributed by atoms with Gasteiger partial charge in [0.2, 0.25) is 0 Å². The van der Waals surface area contributed by atoms with Crippen LogP contribution in [0.5, 0.6) is 5.75 Å². The maximum atomic E-state index is 9.00. The van der Waals surface area contributed by atoms with Crippen molar-refractivity contribution in [2.24, 2.45) is 11.5 Å². The van der Waals surface area contributed by atoms with Crippen molar-refractivity contribution in [1.82, 2.24) is 0 Å². The normalized spacial score (nSPS) is 7.42. The summed E-state index contributed by atoms with van der Waals surface area (Å²) in [5.41, 5.74) is 8.50. The Morgan fingerprint density at radius 3 is 1.79 bits per heavy atom. The van der Waals surface area contributed by atoms with Crippen molar-refractivity contribution in [3.8, 4) is 5.75 Å². The summed E-state index contributed by atoms with van der Waals surface area (Å²) in [6, 6.07) is 7.88. The maximum absolute atomic E-state index is 9.00. The van der Waals surface area contributed by atoms with Gasteiger partial charge < -0.3 is 21.4 Å². The number of primary amides is 2. The lowest BCUT2D eigenvalue weighted by Crippen LogP contribution is -2.18. The van der Waals surface area contributed by atoms with Crippen LogP contribution in [0.4, 0.5) is 4.79 Å². The Labute approximate surface area is 116 Å². The third kappa shape index (κ3) is 38.7. The lowest BCUT2D eigenvalue weighted by Gasteiger charge is -1.86. The van der Waals surface area contributed by atoms with Crippen molar-refractivity contribution in [3.05, 3.63) is 30.3 Å². The summed E-state index contributed by atoms with van der Waals surface area (Å²) in [4.78, 5) is 17.0. The molecule has 0 aliphatic heterocycles. The fourth-order valence-corrected chi connectivity index (χ4v) is 0.928. The number of carbonyl (C=O) groups is 2. The van der Waals surface area contributed by atoms with Crippen LogP contribution in [0.1, 0.15) is 26.2 Å². The number of phenols is 1. The van der Waals surface area contributed by atoms with E-state index in [4.69, 9.17) is 14.7 Å². The average Bonchev–Trinajstić information content (AvgIpc) is 2.40. The van der Waals surface area contributed by atoms with Crippen molar-refractivity contribution < 1.29 is 14.7 Å². The highest BCUT2D eigenvalue weighted by atomic mass is 16.3. The number of aromatic hydroxyl groups is 1. The van der Waals surface area contributed by atoms with Crippen molar-refractivity contribution in [3.63, 3.8) is 0 Å². The number of nitrogens with two attached hydrogens (primary N) is 2. The number of unbranched alkanes of at least 4 members (excludes halogenated alkanes) is 2. The van der Waals surface area contributed by atoms with E-state index in [0.29, 0.717) is 5.75 Å². The number of amides is 2. The van der Waals surface area contributed by atoms with Gasteiger partial charge in [-0.2, -0.15) is 0 Å². The molecule has 0 unspecified atom stereocenters. The Balaban J connectivity index is -0.000000196. The summed E-state index contributed by atoms with van der Waals surface area (Å²) in [6.07, 6.45) is 5.54. The molecule has 5 nitrogen and oxygen atoms in total. The van der Waals surface area contributed by atoms with E-state index in [9.17, 15) is 0 Å². The van der Waals surface area contributed by atoms with Gasteiger partial charge in [-0.1, -0.05) is 50.7 Å². The van der Waals surface area contributed by atoms with Gasteiger partial charge in [-0.3, -0.25) is 0 Å². The van der Waals surface area contributed by atoms with Gasteiger partial charge in [-0.05, 0) is 12.1 Å². The molecule has 19 heavy (non-hydrogen) atoms. The summed E-state index contributed by atoms with van der Waals surface area (Å²) in [5, 5.41) is 8.63. The minimum absolute atomic E-state index is 0.322. The lowest BCUT2D eigenvalue weighted by molar-refractivity contribution is -0.0979. The van der Waals surface area contributed by atoms with Crippen LogP contribution in [0.25, 0.3) is 0 Å². The zero-order valence-electron chi connectivity index (χ0n) is 11.8. The zero-order chi connectivity index (χ0) is 15.5. The summed E-state index contributed by atoms with van der Waals surface area (Å²) >= 11 is 0. The van der Waals surface area contributed by atoms with E-state index in [1.165, 1.54) is 25.6 Å². The van der Waals surface area contributed by atoms with Gasteiger partial charge in [0.1, 0.15) is 20.4 Å². The Bertz CT molecular complexity index is 276. The molecule has 0 atom stereocenters. The number of para-hydroxylation sites is 1. The molecule has 5 N–H and O–H groups in total. The quantitative estimate of drug-likeness (QED) is 0.570. The first-order valence-corrected chi connectivity index (χ1v) is 6.12. The number of hydrogen-bond donors (Lipinski definition) is 3. The van der Waals surface area contributed by atoms with E-state index < -0.39 is 6.03 Å². The standard InChI is InChI=1S/C6H6O.C5H13B.CH4N2O.CH2O/c7-6-4-2-1-3-5-6;1-2-3-4-5-6;2-1(3)4;1-2/h1-5,7H;2-6H2,1H3;(H4,2,3,4);1H2. The van der Waals surface area contributed by atoms with E-state index in [0.717, 1.165) is 0 Å². The predicted octanol–water partition coefficient (Wildman–Crippen LogP) is 1.46. The molecular weight excluding hydrogens is 243 g/mol. The third-order valence-electron chi connectivity index (χ3n) is 1.71. The van der Waals surface area contributed by atoms with E-state index in [1.807, 2.05) is 12.9 Å². The Morgan fingerprint density at radius 2 is 1.63 bits per heavy atom. The largest absolute Gasteiger partial charge is 0.508 e. The van der Waals surface area contributed by atoms with Gasteiger partial charge in [0.15, 0.2) is 0 Å². The highest BCUT2D eigenvalue weighted by molar-refractivity contribution is 6.08. The number of phenolic OH excluding ortho intramolecular Hbond substituents is 1. The van der Waals surface area contributed by atoms with E-state index in [1.54, 1.807) is 24.3 Å². The number of urea groups is 1. The molecule has 0 aliphatic rings. The van der Waals surface area contributed by atoms with Gasteiger partial charge >= 0.3 is 6.03 Å². The van der Waals surface area contributed by atoms with Crippen LogP contribution < -0.4 is 11.5 Å². The second-order valence-electron chi connectivity index (χ2n) is 3.45. The molecule has 1 aromatic rings. The molecule has 108 valence electrons. The fourth-order valence-electron chi connectivity index (χ4n) is 0.928. The van der Waals surface area contributed by atoms with Crippen LogP contribution in [0.3, 0.4) is 0 Å². The van der Waals surface area contributed by atoms with Crippen molar-refractivity contribution in [1.29, 1.82) is 0 Å². The Hall–Kier alpha value is -1.98. The van der Waals surface area contributed by atoms with Crippen molar-refractivity contribution in [2.45, 2.75) is 32.5 Å². The summed E-state index contributed by atoms with van der Waals surface area (Å²) < 4.78 is 0. The van der Waals surface area contributed by atoms with E-state index in [2.05, 4.69) is 26.2 Å². The molecule has 2 amide bonds. The van der Waals surface area contributed by atoms with Gasteiger partial charge in [0.25, 0.3) is 0 Å². The van der Waals surface area contributed by atoms with Crippen LogP contribution in [0, 0.1) is 0 Å². The average molecular weight is 268 g/mol. The smallest absolute Gasteiger partial charge is 0.309 e. The molecule has 0 heterocycles. The molecule has 0 saturated heterocycles. The molecular formula is C13H25BN2O3. The fraction of sp³-hybridized carbons (Fsp3) is 0.385. The maximum Gasteiger partial charge on any atom is 0.309 e. The molecule has 0 radical (unpaired) electrons. The number of hydrogen-bond acceptors (Lipinski definition) is 3. The van der Waals surface area contributed by atoms with Crippen molar-refractivity contribution >= 4 is 20.7 Å². The molecule has 1 aromatic carbocycles. The summed E-state index contributed by atoms with van der Waals surface area (Å²) in [7, 11) is 2.23. The molecule has 0 aromatic heterocycles. The first kappa shape index (κ1) is 22.2. The second kappa shape index (κ2) is 21.3. The molecule has 0 fully saturated rings. The highest BCUT2D eigenvalue weighted by Crippen LogP contribution is 2.02.